The van der Waals surface area contributed by atoms with Crippen molar-refractivity contribution < 1.29 is 18.0 Å². The summed E-state index contributed by atoms with van der Waals surface area (Å²) in [6.07, 6.45) is -1.39. The highest BCUT2D eigenvalue weighted by atomic mass is 32.2. The van der Waals surface area contributed by atoms with Crippen LogP contribution < -0.4 is 10.6 Å². The second-order valence-corrected chi connectivity index (χ2v) is 6.03. The van der Waals surface area contributed by atoms with Crippen molar-refractivity contribution in [1.29, 1.82) is 0 Å². The predicted octanol–water partition coefficient (Wildman–Crippen LogP) is 2.52. The summed E-state index contributed by atoms with van der Waals surface area (Å²) in [4.78, 5) is 15.0. The summed E-state index contributed by atoms with van der Waals surface area (Å²) < 4.78 is 37.1. The van der Waals surface area contributed by atoms with E-state index in [4.69, 9.17) is 0 Å². The number of nitrogens with one attached hydrogen (secondary N) is 2. The van der Waals surface area contributed by atoms with Crippen LogP contribution >= 0.6 is 11.8 Å². The molecule has 0 atom stereocenters. The first kappa shape index (κ1) is 16.1. The van der Waals surface area contributed by atoms with Crippen molar-refractivity contribution in [2.45, 2.75) is 24.3 Å². The molecule has 1 amide bonds. The highest BCUT2D eigenvalue weighted by Crippen LogP contribution is 2.27. The van der Waals surface area contributed by atoms with Gasteiger partial charge >= 0.3 is 6.18 Å². The second-order valence-electron chi connectivity index (χ2n) is 4.74. The molecule has 1 aromatic rings. The van der Waals surface area contributed by atoms with Gasteiger partial charge in [0.2, 0.25) is 5.91 Å². The molecule has 0 aromatic carbocycles. The average Bonchev–Trinajstić information content (AvgIpc) is 2.46. The minimum Gasteiger partial charge on any atom is -0.324 e. The number of amides is 1. The number of thioether (sulfide) groups is 1. The Labute approximate surface area is 124 Å². The van der Waals surface area contributed by atoms with Crippen LogP contribution in [0.3, 0.4) is 0 Å². The van der Waals surface area contributed by atoms with Crippen LogP contribution in [0.2, 0.25) is 0 Å². The van der Waals surface area contributed by atoms with Crippen LogP contribution in [0, 0.1) is 0 Å². The van der Waals surface area contributed by atoms with Crippen LogP contribution in [0.1, 0.15) is 18.5 Å². The Morgan fingerprint density at radius 3 is 2.67 bits per heavy atom. The molecular weight excluding hydrogens is 303 g/mol. The molecule has 0 aliphatic carbocycles. The second kappa shape index (κ2) is 7.13. The molecule has 1 aliphatic rings. The molecule has 116 valence electrons. The van der Waals surface area contributed by atoms with Crippen molar-refractivity contribution >= 4 is 23.4 Å². The predicted molar refractivity (Wildman–Crippen MR) is 76.2 cm³/mol. The number of nitrogens with zero attached hydrogens (tertiary/aromatic N) is 1. The number of rotatable bonds is 4. The van der Waals surface area contributed by atoms with E-state index in [0.717, 1.165) is 38.2 Å². The normalized spacial score (nSPS) is 16.7. The SMILES string of the molecule is O=C(CSC1CCNCC1)Nc1ccc(C(F)(F)F)nc1. The lowest BCUT2D eigenvalue weighted by Gasteiger charge is -2.21. The van der Waals surface area contributed by atoms with Crippen molar-refractivity contribution in [2.24, 2.45) is 0 Å². The Bertz CT molecular complexity index is 473. The standard InChI is InChI=1S/C13H16F3N3OS/c14-13(15,16)11-2-1-9(7-18-11)19-12(20)8-21-10-3-5-17-6-4-10/h1-2,7,10,17H,3-6,8H2,(H,19,20). The maximum absolute atomic E-state index is 12.4. The Kier molecular flexibility index (Phi) is 5.46. The summed E-state index contributed by atoms with van der Waals surface area (Å²) in [5.74, 6) is 0.0752. The Morgan fingerprint density at radius 1 is 1.38 bits per heavy atom. The number of halogens is 3. The van der Waals surface area contributed by atoms with Gasteiger partial charge in [-0.15, -0.1) is 11.8 Å². The molecule has 2 heterocycles. The van der Waals surface area contributed by atoms with Crippen molar-refractivity contribution in [3.05, 3.63) is 24.0 Å². The number of piperidine rings is 1. The molecule has 0 spiro atoms. The number of aromatic nitrogens is 1. The van der Waals surface area contributed by atoms with Gasteiger partial charge in [-0.05, 0) is 38.1 Å². The lowest BCUT2D eigenvalue weighted by molar-refractivity contribution is -0.141. The van der Waals surface area contributed by atoms with E-state index in [-0.39, 0.29) is 11.6 Å². The molecule has 2 rings (SSSR count). The van der Waals surface area contributed by atoms with Crippen LogP contribution in [0.4, 0.5) is 18.9 Å². The minimum atomic E-state index is -4.46. The van der Waals surface area contributed by atoms with Crippen molar-refractivity contribution in [3.8, 4) is 0 Å². The number of carbonyl (C=O) groups is 1. The Hall–Kier alpha value is -1.28. The zero-order valence-corrected chi connectivity index (χ0v) is 12.1. The molecule has 0 bridgehead atoms. The van der Waals surface area contributed by atoms with Crippen LogP contribution in [0.25, 0.3) is 0 Å². The summed E-state index contributed by atoms with van der Waals surface area (Å²) in [5.41, 5.74) is -0.691. The largest absolute Gasteiger partial charge is 0.433 e. The quantitative estimate of drug-likeness (QED) is 0.895. The zero-order valence-electron chi connectivity index (χ0n) is 11.2. The minimum absolute atomic E-state index is 0.222. The maximum Gasteiger partial charge on any atom is 0.433 e. The summed E-state index contributed by atoms with van der Waals surface area (Å²) in [6, 6.07) is 2.07. The lowest BCUT2D eigenvalue weighted by atomic mass is 10.2. The fraction of sp³-hybridized carbons (Fsp3) is 0.538. The highest BCUT2D eigenvalue weighted by Gasteiger charge is 2.32. The van der Waals surface area contributed by atoms with Crippen LogP contribution in [0.5, 0.6) is 0 Å². The lowest BCUT2D eigenvalue weighted by Crippen LogP contribution is -2.30. The Morgan fingerprint density at radius 2 is 2.10 bits per heavy atom. The first-order valence-corrected chi connectivity index (χ1v) is 7.65. The molecule has 4 nitrogen and oxygen atoms in total. The first-order chi connectivity index (χ1) is 9.95. The smallest absolute Gasteiger partial charge is 0.324 e. The molecule has 8 heteroatoms. The van der Waals surface area contributed by atoms with E-state index in [0.29, 0.717) is 11.0 Å². The average molecular weight is 319 g/mol. The van der Waals surface area contributed by atoms with E-state index in [1.54, 1.807) is 11.8 Å². The topological polar surface area (TPSA) is 54.0 Å². The molecular formula is C13H16F3N3OS. The van der Waals surface area contributed by atoms with E-state index < -0.39 is 11.9 Å². The third kappa shape index (κ3) is 5.20. The number of pyridine rings is 1. The van der Waals surface area contributed by atoms with E-state index in [1.807, 2.05) is 0 Å². The molecule has 1 aromatic heterocycles. The molecule has 0 radical (unpaired) electrons. The maximum atomic E-state index is 12.4. The molecule has 0 saturated carbocycles. The van der Waals surface area contributed by atoms with Gasteiger partial charge in [-0.1, -0.05) is 0 Å². The number of carbonyl (C=O) groups excluding carboxylic acids is 1. The number of hydrogen-bond donors (Lipinski definition) is 2. The number of anilines is 1. The van der Waals surface area contributed by atoms with Crippen LogP contribution in [-0.4, -0.2) is 35.0 Å². The highest BCUT2D eigenvalue weighted by molar-refractivity contribution is 8.00. The van der Waals surface area contributed by atoms with Gasteiger partial charge in [0.25, 0.3) is 0 Å². The van der Waals surface area contributed by atoms with Gasteiger partial charge in [-0.25, -0.2) is 4.98 Å². The number of hydrogen-bond acceptors (Lipinski definition) is 4. The van der Waals surface area contributed by atoms with Gasteiger partial charge in [-0.2, -0.15) is 13.2 Å². The third-order valence-electron chi connectivity index (χ3n) is 3.07. The molecule has 0 unspecified atom stereocenters. The van der Waals surface area contributed by atoms with Gasteiger partial charge in [0, 0.05) is 5.25 Å². The molecule has 1 saturated heterocycles. The summed E-state index contributed by atoms with van der Waals surface area (Å²) in [7, 11) is 0. The monoisotopic (exact) mass is 319 g/mol. The molecule has 21 heavy (non-hydrogen) atoms. The van der Waals surface area contributed by atoms with E-state index in [2.05, 4.69) is 15.6 Å². The fourth-order valence-corrected chi connectivity index (χ4v) is 3.02. The van der Waals surface area contributed by atoms with E-state index in [1.165, 1.54) is 6.07 Å². The van der Waals surface area contributed by atoms with Crippen molar-refractivity contribution in [2.75, 3.05) is 24.2 Å². The molecule has 1 fully saturated rings. The fourth-order valence-electron chi connectivity index (χ4n) is 1.99. The van der Waals surface area contributed by atoms with Crippen molar-refractivity contribution in [1.82, 2.24) is 10.3 Å². The Balaban J connectivity index is 1.79. The first-order valence-electron chi connectivity index (χ1n) is 6.60. The zero-order chi connectivity index (χ0) is 15.3. The van der Waals surface area contributed by atoms with Crippen LogP contribution in [0.15, 0.2) is 18.3 Å². The van der Waals surface area contributed by atoms with Gasteiger partial charge < -0.3 is 10.6 Å². The van der Waals surface area contributed by atoms with Gasteiger partial charge in [0.15, 0.2) is 0 Å². The van der Waals surface area contributed by atoms with Gasteiger partial charge in [0.1, 0.15) is 5.69 Å². The summed E-state index contributed by atoms with van der Waals surface area (Å²) in [6.45, 7) is 1.92. The van der Waals surface area contributed by atoms with Crippen LogP contribution in [-0.2, 0) is 11.0 Å². The molecule has 1 aliphatic heterocycles. The van der Waals surface area contributed by atoms with Crippen molar-refractivity contribution in [3.63, 3.8) is 0 Å². The van der Waals surface area contributed by atoms with E-state index in [9.17, 15) is 18.0 Å². The molecule has 2 N–H and O–H groups in total. The van der Waals surface area contributed by atoms with Gasteiger partial charge in [0.05, 0.1) is 17.6 Å². The summed E-state index contributed by atoms with van der Waals surface area (Å²) >= 11 is 1.58. The number of alkyl halides is 3. The van der Waals surface area contributed by atoms with Gasteiger partial charge in [-0.3, -0.25) is 4.79 Å². The van der Waals surface area contributed by atoms with E-state index >= 15 is 0 Å². The summed E-state index contributed by atoms with van der Waals surface area (Å²) in [5, 5.41) is 6.26. The third-order valence-corrected chi connectivity index (χ3v) is 4.45.